The molecule has 2 heterocycles. The molecule has 1 aromatic heterocycles. The van der Waals surface area contributed by atoms with E-state index in [4.69, 9.17) is 9.16 Å². The number of halogens is 1. The van der Waals surface area contributed by atoms with Crippen molar-refractivity contribution in [1.82, 2.24) is 9.55 Å². The van der Waals surface area contributed by atoms with Gasteiger partial charge in [0.15, 0.2) is 8.32 Å². The maximum absolute atomic E-state index is 15.7. The average Bonchev–Trinajstić information content (AvgIpc) is 2.74. The number of aromatic amines is 1. The molecule has 4 atom stereocenters. The van der Waals surface area contributed by atoms with Gasteiger partial charge in [-0.25, -0.2) is 13.4 Å². The lowest BCUT2D eigenvalue weighted by molar-refractivity contribution is -0.174. The van der Waals surface area contributed by atoms with Crippen LogP contribution in [0.1, 0.15) is 27.0 Å². The normalized spacial score (nSPS) is 28.6. The first kappa shape index (κ1) is 23.9. The van der Waals surface area contributed by atoms with E-state index in [9.17, 15) is 23.1 Å². The molecular formula is C16H27FN2O8SSi. The second-order valence-corrected chi connectivity index (χ2v) is 14.9. The summed E-state index contributed by atoms with van der Waals surface area (Å²) in [4.78, 5) is 25.3. The number of rotatable bonds is 6. The summed E-state index contributed by atoms with van der Waals surface area (Å²) in [5.41, 5.74) is -1.80. The van der Waals surface area contributed by atoms with Gasteiger partial charge in [-0.1, -0.05) is 20.8 Å². The topological polar surface area (TPSA) is 137 Å². The Labute approximate surface area is 168 Å². The molecule has 166 valence electrons. The number of hydrogen-bond acceptors (Lipinski definition) is 8. The van der Waals surface area contributed by atoms with E-state index in [1.165, 1.54) is 0 Å². The average molecular weight is 455 g/mol. The summed E-state index contributed by atoms with van der Waals surface area (Å²) < 4.78 is 55.4. The van der Waals surface area contributed by atoms with Gasteiger partial charge in [-0.2, -0.15) is 8.42 Å². The highest BCUT2D eigenvalue weighted by molar-refractivity contribution is 7.86. The first-order valence-electron chi connectivity index (χ1n) is 8.86. The third kappa shape index (κ3) is 5.03. The van der Waals surface area contributed by atoms with Crippen molar-refractivity contribution in [3.8, 4) is 0 Å². The Kier molecular flexibility index (Phi) is 6.35. The molecule has 1 saturated heterocycles. The molecule has 1 fully saturated rings. The molecule has 0 radical (unpaired) electrons. The van der Waals surface area contributed by atoms with Gasteiger partial charge in [0.2, 0.25) is 6.23 Å². The SMILES string of the molecule is CC(C)(C)[Si](C)(C)OC[C@H]1O[C@@H](n2ccc(=O)[nH]c2=O)[C@@](F)(OS(C)(=O)=O)[C@@H]1O. The molecule has 10 nitrogen and oxygen atoms in total. The zero-order valence-corrected chi connectivity index (χ0v) is 18.9. The second-order valence-electron chi connectivity index (χ2n) is 8.55. The predicted molar refractivity (Wildman–Crippen MR) is 104 cm³/mol. The van der Waals surface area contributed by atoms with Gasteiger partial charge >= 0.3 is 5.69 Å². The zero-order valence-electron chi connectivity index (χ0n) is 17.1. The van der Waals surface area contributed by atoms with Crippen molar-refractivity contribution in [2.75, 3.05) is 12.9 Å². The fourth-order valence-corrected chi connectivity index (χ4v) is 4.22. The first-order valence-corrected chi connectivity index (χ1v) is 13.6. The quantitative estimate of drug-likeness (QED) is 0.467. The van der Waals surface area contributed by atoms with Gasteiger partial charge in [0.05, 0.1) is 12.9 Å². The Morgan fingerprint density at radius 3 is 2.45 bits per heavy atom. The summed E-state index contributed by atoms with van der Waals surface area (Å²) >= 11 is 0. The number of aliphatic hydroxyl groups excluding tert-OH is 1. The van der Waals surface area contributed by atoms with E-state index < -0.39 is 54.0 Å². The minimum absolute atomic E-state index is 0.179. The van der Waals surface area contributed by atoms with Crippen molar-refractivity contribution in [2.45, 2.75) is 63.2 Å². The third-order valence-electron chi connectivity index (χ3n) is 5.19. The van der Waals surface area contributed by atoms with Crippen molar-refractivity contribution < 1.29 is 31.3 Å². The minimum Gasteiger partial charge on any atom is -0.414 e. The predicted octanol–water partition coefficient (Wildman–Crippen LogP) is 0.459. The molecule has 1 aliphatic rings. The molecular weight excluding hydrogens is 427 g/mol. The number of nitrogens with one attached hydrogen (secondary N) is 1. The third-order valence-corrected chi connectivity index (χ3v) is 10.3. The zero-order chi connectivity index (χ0) is 22.4. The van der Waals surface area contributed by atoms with Crippen LogP contribution >= 0.6 is 0 Å². The van der Waals surface area contributed by atoms with Crippen LogP contribution in [0.25, 0.3) is 0 Å². The number of hydrogen-bond donors (Lipinski definition) is 2. The van der Waals surface area contributed by atoms with Gasteiger partial charge in [-0.15, -0.1) is 0 Å². The summed E-state index contributed by atoms with van der Waals surface area (Å²) in [7, 11) is -6.69. The molecule has 1 aromatic rings. The number of H-pyrrole nitrogens is 1. The van der Waals surface area contributed by atoms with Gasteiger partial charge in [0.1, 0.15) is 12.2 Å². The molecule has 29 heavy (non-hydrogen) atoms. The maximum Gasteiger partial charge on any atom is 0.330 e. The lowest BCUT2D eigenvalue weighted by Crippen LogP contribution is -2.49. The van der Waals surface area contributed by atoms with Crippen LogP contribution in [0.4, 0.5) is 4.39 Å². The summed E-state index contributed by atoms with van der Waals surface area (Å²) in [6.45, 7) is 9.59. The second kappa shape index (κ2) is 7.70. The Morgan fingerprint density at radius 1 is 1.38 bits per heavy atom. The van der Waals surface area contributed by atoms with E-state index >= 15 is 4.39 Å². The van der Waals surface area contributed by atoms with E-state index in [-0.39, 0.29) is 11.6 Å². The highest BCUT2D eigenvalue weighted by Crippen LogP contribution is 2.44. The number of alkyl halides is 1. The van der Waals surface area contributed by atoms with Gasteiger partial charge in [-0.05, 0) is 18.1 Å². The summed E-state index contributed by atoms with van der Waals surface area (Å²) in [6, 6.07) is 0.928. The Balaban J connectivity index is 2.41. The van der Waals surface area contributed by atoms with Crippen LogP contribution in [0, 0.1) is 0 Å². The van der Waals surface area contributed by atoms with Gasteiger partial charge in [0, 0.05) is 12.3 Å². The van der Waals surface area contributed by atoms with Crippen LogP contribution in [0.5, 0.6) is 0 Å². The monoisotopic (exact) mass is 454 g/mol. The maximum atomic E-state index is 15.7. The van der Waals surface area contributed by atoms with Crippen molar-refractivity contribution in [2.24, 2.45) is 0 Å². The highest BCUT2D eigenvalue weighted by atomic mass is 32.2. The lowest BCUT2D eigenvalue weighted by Gasteiger charge is -2.37. The highest BCUT2D eigenvalue weighted by Gasteiger charge is 2.62. The van der Waals surface area contributed by atoms with Crippen molar-refractivity contribution in [3.05, 3.63) is 33.1 Å². The van der Waals surface area contributed by atoms with Crippen molar-refractivity contribution in [1.29, 1.82) is 0 Å². The summed E-state index contributed by atoms with van der Waals surface area (Å²) in [5.74, 6) is -3.31. The van der Waals surface area contributed by atoms with E-state index in [0.717, 1.165) is 12.3 Å². The molecule has 0 aliphatic carbocycles. The van der Waals surface area contributed by atoms with E-state index in [1.807, 2.05) is 38.8 Å². The van der Waals surface area contributed by atoms with Crippen LogP contribution in [0.2, 0.25) is 18.1 Å². The molecule has 2 N–H and O–H groups in total. The van der Waals surface area contributed by atoms with Gasteiger partial charge in [-0.3, -0.25) is 14.3 Å². The molecule has 0 amide bonds. The fourth-order valence-electron chi connectivity index (χ4n) is 2.56. The van der Waals surface area contributed by atoms with Gasteiger partial charge < -0.3 is 14.3 Å². The Morgan fingerprint density at radius 2 is 1.97 bits per heavy atom. The van der Waals surface area contributed by atoms with Crippen LogP contribution in [-0.4, -0.2) is 62.3 Å². The number of ether oxygens (including phenoxy) is 1. The van der Waals surface area contributed by atoms with Crippen LogP contribution in [-0.2, 0) is 23.5 Å². The molecule has 0 unspecified atom stereocenters. The van der Waals surface area contributed by atoms with Gasteiger partial charge in [0.25, 0.3) is 21.5 Å². The standard InChI is InChI=1S/C16H27FN2O8SSi/c1-15(2,3)29(5,6)25-9-10-12(21)16(17,27-28(4,23)24)13(26-10)19-8-7-11(20)18-14(19)22/h7-8,10,12-13,21H,9H2,1-6H3,(H,18,20,22)/t10-,12-,13-,16+/m1/s1. The van der Waals surface area contributed by atoms with Crippen molar-refractivity contribution >= 4 is 18.4 Å². The van der Waals surface area contributed by atoms with E-state index in [1.54, 1.807) is 0 Å². The molecule has 13 heteroatoms. The largest absolute Gasteiger partial charge is 0.414 e. The Bertz CT molecular complexity index is 970. The van der Waals surface area contributed by atoms with E-state index in [0.29, 0.717) is 10.8 Å². The Hall–Kier alpha value is -1.38. The molecule has 0 spiro atoms. The minimum atomic E-state index is -4.39. The molecule has 0 aromatic carbocycles. The number of aliphatic hydroxyl groups is 1. The molecule has 0 bridgehead atoms. The molecule has 2 rings (SSSR count). The number of aromatic nitrogens is 2. The fraction of sp³-hybridized carbons (Fsp3) is 0.750. The first-order chi connectivity index (χ1) is 13.0. The van der Waals surface area contributed by atoms with Crippen LogP contribution in [0.15, 0.2) is 21.9 Å². The summed E-state index contributed by atoms with van der Waals surface area (Å²) in [5, 5.41) is 10.3. The van der Waals surface area contributed by atoms with Crippen LogP contribution < -0.4 is 11.2 Å². The van der Waals surface area contributed by atoms with E-state index in [2.05, 4.69) is 4.18 Å². The number of nitrogens with zero attached hydrogens (tertiary/aromatic N) is 1. The molecule has 1 aliphatic heterocycles. The van der Waals surface area contributed by atoms with Crippen molar-refractivity contribution in [3.63, 3.8) is 0 Å². The smallest absolute Gasteiger partial charge is 0.330 e. The van der Waals surface area contributed by atoms with Crippen LogP contribution in [0.3, 0.4) is 0 Å². The molecule has 0 saturated carbocycles. The lowest BCUT2D eigenvalue weighted by atomic mass is 10.1. The summed E-state index contributed by atoms with van der Waals surface area (Å²) in [6.07, 6.45) is -3.84.